The van der Waals surface area contributed by atoms with Gasteiger partial charge in [-0.05, 0) is 71.5 Å². The number of anilines is 1. The second-order valence-corrected chi connectivity index (χ2v) is 6.25. The summed E-state index contributed by atoms with van der Waals surface area (Å²) in [6, 6.07) is 11.6. The minimum absolute atomic E-state index is 0.266. The van der Waals surface area contributed by atoms with Gasteiger partial charge >= 0.3 is 0 Å². The summed E-state index contributed by atoms with van der Waals surface area (Å²) in [5.41, 5.74) is 3.54. The maximum Gasteiger partial charge on any atom is 0.259 e. The number of aromatic amines is 1. The molecule has 3 rings (SSSR count). The Balaban J connectivity index is 1.87. The summed E-state index contributed by atoms with van der Waals surface area (Å²) >= 11 is 2.22. The van der Waals surface area contributed by atoms with E-state index in [9.17, 15) is 9.18 Å². The molecule has 116 valence electrons. The number of amides is 1. The Hall–Kier alpha value is -2.22. The van der Waals surface area contributed by atoms with Gasteiger partial charge in [-0.15, -0.1) is 0 Å². The largest absolute Gasteiger partial charge is 0.322 e. The number of aromatic nitrogens is 2. The molecule has 23 heavy (non-hydrogen) atoms. The van der Waals surface area contributed by atoms with Gasteiger partial charge in [0, 0.05) is 14.8 Å². The molecule has 0 aliphatic heterocycles. The van der Waals surface area contributed by atoms with Gasteiger partial charge in [-0.2, -0.15) is 5.10 Å². The number of aryl methyl sites for hydroxylation is 1. The van der Waals surface area contributed by atoms with Crippen LogP contribution in [0.4, 0.5) is 10.1 Å². The molecule has 6 heteroatoms. The lowest BCUT2D eigenvalue weighted by atomic mass is 10.1. The van der Waals surface area contributed by atoms with Crippen molar-refractivity contribution in [1.29, 1.82) is 0 Å². The second-order valence-electron chi connectivity index (χ2n) is 5.08. The molecule has 4 nitrogen and oxygen atoms in total. The molecule has 2 aromatic carbocycles. The van der Waals surface area contributed by atoms with E-state index in [-0.39, 0.29) is 11.7 Å². The highest BCUT2D eigenvalue weighted by Crippen LogP contribution is 2.23. The normalized spacial score (nSPS) is 10.6. The van der Waals surface area contributed by atoms with E-state index in [1.165, 1.54) is 18.3 Å². The molecule has 0 unspecified atom stereocenters. The van der Waals surface area contributed by atoms with E-state index in [0.717, 1.165) is 14.8 Å². The number of carbonyl (C=O) groups is 1. The van der Waals surface area contributed by atoms with Crippen LogP contribution in [0.5, 0.6) is 0 Å². The molecule has 0 bridgehead atoms. The van der Waals surface area contributed by atoms with Crippen molar-refractivity contribution in [2.24, 2.45) is 0 Å². The Labute approximate surface area is 146 Å². The van der Waals surface area contributed by atoms with Gasteiger partial charge < -0.3 is 5.32 Å². The zero-order valence-electron chi connectivity index (χ0n) is 12.2. The molecule has 0 radical (unpaired) electrons. The molecule has 0 atom stereocenters. The highest BCUT2D eigenvalue weighted by atomic mass is 127. The van der Waals surface area contributed by atoms with Crippen LogP contribution in [0.15, 0.2) is 48.7 Å². The predicted octanol–water partition coefficient (Wildman–Crippen LogP) is 4.38. The molecule has 0 aliphatic carbocycles. The quantitative estimate of drug-likeness (QED) is 0.617. The van der Waals surface area contributed by atoms with Crippen LogP contribution in [0.25, 0.3) is 11.3 Å². The van der Waals surface area contributed by atoms with E-state index in [1.807, 2.05) is 25.1 Å². The molecule has 1 aromatic heterocycles. The summed E-state index contributed by atoms with van der Waals surface area (Å²) in [6.07, 6.45) is 1.47. The Bertz CT molecular complexity index is 859. The number of halogens is 2. The average molecular weight is 421 g/mol. The molecule has 0 fully saturated rings. The van der Waals surface area contributed by atoms with Crippen molar-refractivity contribution < 1.29 is 9.18 Å². The summed E-state index contributed by atoms with van der Waals surface area (Å²) in [4.78, 5) is 12.5. The molecule has 2 N–H and O–H groups in total. The third-order valence-electron chi connectivity index (χ3n) is 3.45. The Morgan fingerprint density at radius 2 is 1.96 bits per heavy atom. The molecular formula is C17H13FIN3O. The maximum atomic E-state index is 13.0. The fourth-order valence-corrected chi connectivity index (χ4v) is 2.68. The van der Waals surface area contributed by atoms with E-state index < -0.39 is 0 Å². The average Bonchev–Trinajstić information content (AvgIpc) is 3.01. The fourth-order valence-electron chi connectivity index (χ4n) is 2.16. The van der Waals surface area contributed by atoms with Crippen molar-refractivity contribution >= 4 is 34.2 Å². The fraction of sp³-hybridized carbons (Fsp3) is 0.0588. The zero-order valence-corrected chi connectivity index (χ0v) is 14.4. The number of H-pyrrole nitrogens is 1. The summed E-state index contributed by atoms with van der Waals surface area (Å²) < 4.78 is 14.1. The molecule has 0 spiro atoms. The van der Waals surface area contributed by atoms with E-state index in [2.05, 4.69) is 38.1 Å². The number of hydrogen-bond acceptors (Lipinski definition) is 2. The van der Waals surface area contributed by atoms with Crippen LogP contribution in [0.1, 0.15) is 15.9 Å². The summed E-state index contributed by atoms with van der Waals surface area (Å²) in [5, 5.41) is 9.58. The first-order chi connectivity index (χ1) is 11.0. The molecule has 0 aliphatic rings. The summed E-state index contributed by atoms with van der Waals surface area (Å²) in [5.74, 6) is -0.591. The Morgan fingerprint density at radius 1 is 1.22 bits per heavy atom. The van der Waals surface area contributed by atoms with E-state index >= 15 is 0 Å². The lowest BCUT2D eigenvalue weighted by Gasteiger charge is -2.07. The van der Waals surface area contributed by atoms with Gasteiger partial charge in [0.2, 0.25) is 0 Å². The van der Waals surface area contributed by atoms with Gasteiger partial charge in [0.05, 0.1) is 17.5 Å². The second kappa shape index (κ2) is 6.49. The van der Waals surface area contributed by atoms with Crippen LogP contribution in [0, 0.1) is 16.3 Å². The first-order valence-electron chi connectivity index (χ1n) is 6.91. The highest BCUT2D eigenvalue weighted by Gasteiger charge is 2.15. The van der Waals surface area contributed by atoms with Crippen molar-refractivity contribution in [2.45, 2.75) is 6.92 Å². The third kappa shape index (κ3) is 3.42. The van der Waals surface area contributed by atoms with Crippen molar-refractivity contribution in [3.8, 4) is 11.3 Å². The maximum absolute atomic E-state index is 13.0. The van der Waals surface area contributed by atoms with Crippen LogP contribution in [-0.4, -0.2) is 16.1 Å². The molecule has 1 amide bonds. The van der Waals surface area contributed by atoms with Crippen molar-refractivity contribution in [3.63, 3.8) is 0 Å². The Morgan fingerprint density at radius 3 is 2.65 bits per heavy atom. The van der Waals surface area contributed by atoms with Gasteiger partial charge in [-0.3, -0.25) is 9.89 Å². The smallest absolute Gasteiger partial charge is 0.259 e. The number of hydrogen-bond donors (Lipinski definition) is 2. The standard InChI is InChI=1S/C17H13FIN3O/c1-10-2-7-13(8-15(10)19)21-17(23)14-9-20-22-16(14)11-3-5-12(18)6-4-11/h2-9H,1H3,(H,20,22)(H,21,23). The lowest BCUT2D eigenvalue weighted by Crippen LogP contribution is -2.12. The first kappa shape index (κ1) is 15.7. The third-order valence-corrected chi connectivity index (χ3v) is 4.61. The summed E-state index contributed by atoms with van der Waals surface area (Å²) in [6.45, 7) is 2.01. The van der Waals surface area contributed by atoms with E-state index in [4.69, 9.17) is 0 Å². The number of carbonyl (C=O) groups excluding carboxylic acids is 1. The highest BCUT2D eigenvalue weighted by molar-refractivity contribution is 14.1. The molecular weight excluding hydrogens is 408 g/mol. The lowest BCUT2D eigenvalue weighted by molar-refractivity contribution is 0.102. The monoisotopic (exact) mass is 421 g/mol. The Kier molecular flexibility index (Phi) is 4.42. The van der Waals surface area contributed by atoms with Crippen LogP contribution in [0.3, 0.4) is 0 Å². The van der Waals surface area contributed by atoms with Crippen LogP contribution in [-0.2, 0) is 0 Å². The number of nitrogens with zero attached hydrogens (tertiary/aromatic N) is 1. The first-order valence-corrected chi connectivity index (χ1v) is 7.99. The van der Waals surface area contributed by atoms with Gasteiger partial charge in [0.15, 0.2) is 0 Å². The summed E-state index contributed by atoms with van der Waals surface area (Å²) in [7, 11) is 0. The molecule has 0 saturated heterocycles. The number of rotatable bonds is 3. The SMILES string of the molecule is Cc1ccc(NC(=O)c2cn[nH]c2-c2ccc(F)cc2)cc1I. The van der Waals surface area contributed by atoms with E-state index in [1.54, 1.807) is 12.1 Å². The van der Waals surface area contributed by atoms with Crippen molar-refractivity contribution in [2.75, 3.05) is 5.32 Å². The van der Waals surface area contributed by atoms with Crippen LogP contribution >= 0.6 is 22.6 Å². The van der Waals surface area contributed by atoms with Gasteiger partial charge in [-0.25, -0.2) is 4.39 Å². The predicted molar refractivity (Wildman–Crippen MR) is 95.8 cm³/mol. The van der Waals surface area contributed by atoms with Crippen molar-refractivity contribution in [3.05, 3.63) is 69.2 Å². The molecule has 3 aromatic rings. The minimum atomic E-state index is -0.325. The zero-order chi connectivity index (χ0) is 16.4. The van der Waals surface area contributed by atoms with E-state index in [0.29, 0.717) is 16.8 Å². The molecule has 0 saturated carbocycles. The van der Waals surface area contributed by atoms with Gasteiger partial charge in [0.25, 0.3) is 5.91 Å². The van der Waals surface area contributed by atoms with Crippen molar-refractivity contribution in [1.82, 2.24) is 10.2 Å². The minimum Gasteiger partial charge on any atom is -0.322 e. The van der Waals surface area contributed by atoms with Crippen LogP contribution in [0.2, 0.25) is 0 Å². The molecule has 1 heterocycles. The number of nitrogens with one attached hydrogen (secondary N) is 2. The van der Waals surface area contributed by atoms with Gasteiger partial charge in [-0.1, -0.05) is 6.07 Å². The van der Waals surface area contributed by atoms with Gasteiger partial charge in [0.1, 0.15) is 5.82 Å². The topological polar surface area (TPSA) is 57.8 Å². The number of benzene rings is 2. The van der Waals surface area contributed by atoms with Crippen LogP contribution < -0.4 is 5.32 Å².